The second-order valence-electron chi connectivity index (χ2n) is 8.09. The summed E-state index contributed by atoms with van der Waals surface area (Å²) >= 11 is 1.22. The first kappa shape index (κ1) is 23.1. The van der Waals surface area contributed by atoms with Crippen LogP contribution in [0.2, 0.25) is 0 Å². The summed E-state index contributed by atoms with van der Waals surface area (Å²) in [5, 5.41) is -0.648. The molecule has 168 valence electrons. The van der Waals surface area contributed by atoms with Crippen LogP contribution < -0.4 is 10.5 Å². The summed E-state index contributed by atoms with van der Waals surface area (Å²) in [7, 11) is 2.88. The van der Waals surface area contributed by atoms with Gasteiger partial charge in [0.2, 0.25) is 5.72 Å². The average molecular weight is 451 g/mol. The third-order valence-corrected chi connectivity index (χ3v) is 6.10. The molecule has 0 radical (unpaired) electrons. The lowest BCUT2D eigenvalue weighted by Crippen LogP contribution is -2.79. The maximum atomic E-state index is 12.9. The molecule has 2 atom stereocenters. The monoisotopic (exact) mass is 450 g/mol. The molecule has 0 aromatic heterocycles. The van der Waals surface area contributed by atoms with Crippen LogP contribution in [0.5, 0.6) is 5.75 Å². The normalized spacial score (nSPS) is 23.1. The van der Waals surface area contributed by atoms with Crippen molar-refractivity contribution in [1.82, 2.24) is 4.90 Å². The van der Waals surface area contributed by atoms with E-state index in [1.165, 1.54) is 18.9 Å². The number of ether oxygens (including phenoxy) is 4. The van der Waals surface area contributed by atoms with Gasteiger partial charge in [0.05, 0.1) is 12.7 Å². The summed E-state index contributed by atoms with van der Waals surface area (Å²) in [5.41, 5.74) is 4.30. The van der Waals surface area contributed by atoms with Gasteiger partial charge >= 0.3 is 11.9 Å². The molecule has 3 rings (SSSR count). The minimum absolute atomic E-state index is 0.00509. The number of amides is 1. The van der Waals surface area contributed by atoms with Crippen molar-refractivity contribution in [2.45, 2.75) is 44.1 Å². The molecule has 1 fully saturated rings. The molecule has 1 saturated heterocycles. The van der Waals surface area contributed by atoms with Gasteiger partial charge in [0.15, 0.2) is 0 Å². The van der Waals surface area contributed by atoms with E-state index < -0.39 is 34.5 Å². The maximum absolute atomic E-state index is 12.9. The molecule has 0 saturated carbocycles. The Kier molecular flexibility index (Phi) is 6.35. The van der Waals surface area contributed by atoms with E-state index in [1.54, 1.807) is 52.1 Å². The highest BCUT2D eigenvalue weighted by molar-refractivity contribution is 8.00. The van der Waals surface area contributed by atoms with Gasteiger partial charge in [-0.1, -0.05) is 12.1 Å². The van der Waals surface area contributed by atoms with Gasteiger partial charge < -0.3 is 18.9 Å². The van der Waals surface area contributed by atoms with E-state index in [0.29, 0.717) is 5.75 Å². The number of hydrogen-bond donors (Lipinski definition) is 1. The standard InChI is InChI=1S/C21H26N2O7S/c1-20(2,3)30-17(25)15-14(11-31-19-21(22,28-5)18(26)23(15)19)16(24)29-10-12-6-8-13(27-4)9-7-12/h6-9,19H,10-11,22H2,1-5H3/t19-,21?/m0/s1. The van der Waals surface area contributed by atoms with Crippen molar-refractivity contribution in [1.29, 1.82) is 0 Å². The van der Waals surface area contributed by atoms with Crippen LogP contribution in [-0.2, 0) is 35.2 Å². The molecule has 2 heterocycles. The zero-order valence-corrected chi connectivity index (χ0v) is 18.9. The predicted molar refractivity (Wildman–Crippen MR) is 113 cm³/mol. The number of benzene rings is 1. The van der Waals surface area contributed by atoms with Crippen molar-refractivity contribution in [3.8, 4) is 5.75 Å². The Morgan fingerprint density at radius 3 is 2.39 bits per heavy atom. The topological polar surface area (TPSA) is 117 Å². The third-order valence-electron chi connectivity index (χ3n) is 4.77. The van der Waals surface area contributed by atoms with Crippen molar-refractivity contribution in [2.24, 2.45) is 5.73 Å². The maximum Gasteiger partial charge on any atom is 0.356 e. The molecule has 31 heavy (non-hydrogen) atoms. The number of thioether (sulfide) groups is 1. The van der Waals surface area contributed by atoms with Crippen LogP contribution in [0.25, 0.3) is 0 Å². The molecule has 1 aromatic rings. The second kappa shape index (κ2) is 8.52. The highest BCUT2D eigenvalue weighted by Crippen LogP contribution is 2.46. The van der Waals surface area contributed by atoms with Gasteiger partial charge in [0, 0.05) is 12.9 Å². The molecule has 2 N–H and O–H groups in total. The molecule has 9 nitrogen and oxygen atoms in total. The first-order valence-electron chi connectivity index (χ1n) is 9.57. The van der Waals surface area contributed by atoms with Crippen molar-refractivity contribution < 1.29 is 33.3 Å². The van der Waals surface area contributed by atoms with E-state index in [4.69, 9.17) is 24.7 Å². The first-order valence-corrected chi connectivity index (χ1v) is 10.6. The van der Waals surface area contributed by atoms with Gasteiger partial charge in [-0.25, -0.2) is 9.59 Å². The van der Waals surface area contributed by atoms with E-state index in [-0.39, 0.29) is 23.6 Å². The average Bonchev–Trinajstić information content (AvgIpc) is 2.74. The fourth-order valence-electron chi connectivity index (χ4n) is 3.17. The lowest BCUT2D eigenvalue weighted by atomic mass is 9.99. The summed E-state index contributed by atoms with van der Waals surface area (Å²) in [4.78, 5) is 39.6. The number of hydrogen-bond acceptors (Lipinski definition) is 9. The Hall–Kier alpha value is -2.56. The molecule has 2 aliphatic heterocycles. The third kappa shape index (κ3) is 4.41. The molecular formula is C21H26N2O7S. The summed E-state index contributed by atoms with van der Waals surface area (Å²) in [6, 6.07) is 7.03. The number of methoxy groups -OCH3 is 2. The van der Waals surface area contributed by atoms with Crippen LogP contribution >= 0.6 is 11.8 Å². The van der Waals surface area contributed by atoms with Crippen LogP contribution in [-0.4, -0.2) is 59.4 Å². The number of carbonyl (C=O) groups is 3. The SMILES string of the molecule is COc1ccc(COC(=O)C2=C(C(=O)OC(C)(C)C)N3C(=O)C(N)(OC)[C@@H]3SC2)cc1. The highest BCUT2D eigenvalue weighted by atomic mass is 32.2. The number of fused-ring (bicyclic) bond motifs is 1. The van der Waals surface area contributed by atoms with Gasteiger partial charge in [-0.2, -0.15) is 0 Å². The second-order valence-corrected chi connectivity index (χ2v) is 9.16. The Bertz CT molecular complexity index is 923. The van der Waals surface area contributed by atoms with Crippen molar-refractivity contribution in [2.75, 3.05) is 20.0 Å². The number of nitrogens with two attached hydrogens (primary N) is 1. The zero-order valence-electron chi connectivity index (χ0n) is 18.1. The number of β-lactam (4-membered cyclic amide) rings is 1. The number of rotatable bonds is 6. The van der Waals surface area contributed by atoms with Crippen LogP contribution in [0, 0.1) is 0 Å². The fourth-order valence-corrected chi connectivity index (χ4v) is 4.54. The molecular weight excluding hydrogens is 424 g/mol. The van der Waals surface area contributed by atoms with Gasteiger partial charge in [-0.05, 0) is 38.5 Å². The van der Waals surface area contributed by atoms with Crippen LogP contribution in [0.15, 0.2) is 35.5 Å². The highest BCUT2D eigenvalue weighted by Gasteiger charge is 2.64. The minimum Gasteiger partial charge on any atom is -0.497 e. The largest absolute Gasteiger partial charge is 0.497 e. The van der Waals surface area contributed by atoms with E-state index in [9.17, 15) is 14.4 Å². The van der Waals surface area contributed by atoms with Crippen LogP contribution in [0.3, 0.4) is 0 Å². The van der Waals surface area contributed by atoms with Crippen LogP contribution in [0.1, 0.15) is 26.3 Å². The lowest BCUT2D eigenvalue weighted by molar-refractivity contribution is -0.185. The number of carbonyl (C=O) groups excluding carboxylic acids is 3. The fraction of sp³-hybridized carbons (Fsp3) is 0.476. The summed E-state index contributed by atoms with van der Waals surface area (Å²) in [6.07, 6.45) is 0. The molecule has 2 aliphatic rings. The number of nitrogens with zero attached hydrogens (tertiary/aromatic N) is 1. The lowest BCUT2D eigenvalue weighted by Gasteiger charge is -2.54. The molecule has 1 unspecified atom stereocenters. The van der Waals surface area contributed by atoms with Crippen LogP contribution in [0.4, 0.5) is 0 Å². The minimum atomic E-state index is -1.56. The molecule has 0 bridgehead atoms. The Labute approximate surface area is 184 Å². The van der Waals surface area contributed by atoms with E-state index in [2.05, 4.69) is 0 Å². The summed E-state index contributed by atoms with van der Waals surface area (Å²) in [6.45, 7) is 5.09. The van der Waals surface area contributed by atoms with Crippen molar-refractivity contribution in [3.63, 3.8) is 0 Å². The van der Waals surface area contributed by atoms with Crippen molar-refractivity contribution in [3.05, 3.63) is 41.1 Å². The van der Waals surface area contributed by atoms with Gasteiger partial charge in [-0.3, -0.25) is 15.4 Å². The zero-order chi connectivity index (χ0) is 23.0. The molecule has 1 amide bonds. The quantitative estimate of drug-likeness (QED) is 0.391. The van der Waals surface area contributed by atoms with E-state index in [1.807, 2.05) is 0 Å². The predicted octanol–water partition coefficient (Wildman–Crippen LogP) is 1.55. The number of esters is 2. The molecule has 0 aliphatic carbocycles. The smallest absolute Gasteiger partial charge is 0.356 e. The molecule has 1 aromatic carbocycles. The molecule has 0 spiro atoms. The van der Waals surface area contributed by atoms with Gasteiger partial charge in [-0.15, -0.1) is 11.8 Å². The summed E-state index contributed by atoms with van der Waals surface area (Å²) < 4.78 is 21.1. The Balaban J connectivity index is 1.86. The Morgan fingerprint density at radius 2 is 1.84 bits per heavy atom. The first-order chi connectivity index (χ1) is 14.5. The summed E-state index contributed by atoms with van der Waals surface area (Å²) in [5.74, 6) is -1.32. The molecule has 10 heteroatoms. The van der Waals surface area contributed by atoms with Crippen molar-refractivity contribution >= 4 is 29.6 Å². The van der Waals surface area contributed by atoms with E-state index >= 15 is 0 Å². The Morgan fingerprint density at radius 1 is 1.19 bits per heavy atom. The van der Waals surface area contributed by atoms with E-state index in [0.717, 1.165) is 10.5 Å². The van der Waals surface area contributed by atoms with Gasteiger partial charge in [0.25, 0.3) is 5.91 Å². The van der Waals surface area contributed by atoms with Gasteiger partial charge in [0.1, 0.15) is 29.0 Å².